The molecular weight excluding hydrogens is 294 g/mol. The summed E-state index contributed by atoms with van der Waals surface area (Å²) in [5.74, 6) is -0.0595. The number of carbonyl (C=O) groups is 1. The Balaban J connectivity index is 2.02. The molecule has 1 amide bonds. The molecule has 1 saturated carbocycles. The zero-order valence-electron chi connectivity index (χ0n) is 10.2. The van der Waals surface area contributed by atoms with E-state index in [-0.39, 0.29) is 17.9 Å². The molecule has 2 atom stereocenters. The quantitative estimate of drug-likeness (QED) is 0.825. The van der Waals surface area contributed by atoms with Crippen LogP contribution in [-0.4, -0.2) is 16.9 Å². The van der Waals surface area contributed by atoms with Gasteiger partial charge in [-0.1, -0.05) is 19.3 Å². The van der Waals surface area contributed by atoms with E-state index in [0.29, 0.717) is 5.69 Å². The summed E-state index contributed by atoms with van der Waals surface area (Å²) in [5, 5.41) is 2.90. The van der Waals surface area contributed by atoms with Crippen molar-refractivity contribution in [2.24, 2.45) is 11.7 Å². The highest BCUT2D eigenvalue weighted by Gasteiger charge is 2.26. The number of nitrogens with two attached hydrogens (primary N) is 1. The van der Waals surface area contributed by atoms with Crippen LogP contribution in [0, 0.1) is 5.92 Å². The zero-order valence-corrected chi connectivity index (χ0v) is 11.8. The topological polar surface area (TPSA) is 68.0 Å². The van der Waals surface area contributed by atoms with Crippen LogP contribution >= 0.6 is 15.9 Å². The summed E-state index contributed by atoms with van der Waals surface area (Å²) in [6.07, 6.45) is 8.54. The van der Waals surface area contributed by atoms with E-state index in [1.165, 1.54) is 6.42 Å². The van der Waals surface area contributed by atoms with Gasteiger partial charge in [-0.2, -0.15) is 0 Å². The maximum absolute atomic E-state index is 12.2. The van der Waals surface area contributed by atoms with Crippen LogP contribution in [0.1, 0.15) is 32.1 Å². The molecule has 2 rings (SSSR count). The summed E-state index contributed by atoms with van der Waals surface area (Å²) in [4.78, 5) is 16.2. The van der Waals surface area contributed by atoms with E-state index in [2.05, 4.69) is 26.2 Å². The molecule has 0 radical (unpaired) electrons. The van der Waals surface area contributed by atoms with Gasteiger partial charge in [-0.15, -0.1) is 0 Å². The van der Waals surface area contributed by atoms with E-state index in [0.717, 1.165) is 30.2 Å². The van der Waals surface area contributed by atoms with Crippen molar-refractivity contribution in [3.8, 4) is 0 Å². The fourth-order valence-corrected chi connectivity index (χ4v) is 2.74. The van der Waals surface area contributed by atoms with Gasteiger partial charge in [-0.3, -0.25) is 9.78 Å². The van der Waals surface area contributed by atoms with Gasteiger partial charge in [-0.25, -0.2) is 0 Å². The SMILES string of the molecule is NC1CCCCCC1C(=O)Nc1cncc(Br)c1. The predicted octanol–water partition coefficient (Wildman–Crippen LogP) is 2.69. The molecule has 0 aliphatic heterocycles. The minimum Gasteiger partial charge on any atom is -0.327 e. The fraction of sp³-hybridized carbons (Fsp3) is 0.538. The van der Waals surface area contributed by atoms with Crippen LogP contribution in [0.3, 0.4) is 0 Å². The molecule has 18 heavy (non-hydrogen) atoms. The third kappa shape index (κ3) is 3.53. The van der Waals surface area contributed by atoms with Crippen LogP contribution in [-0.2, 0) is 4.79 Å². The van der Waals surface area contributed by atoms with E-state index >= 15 is 0 Å². The average molecular weight is 312 g/mol. The molecule has 3 N–H and O–H groups in total. The van der Waals surface area contributed by atoms with Crippen molar-refractivity contribution in [3.63, 3.8) is 0 Å². The summed E-state index contributed by atoms with van der Waals surface area (Å²) < 4.78 is 0.852. The van der Waals surface area contributed by atoms with Gasteiger partial charge in [0.25, 0.3) is 0 Å². The number of aromatic nitrogens is 1. The number of carbonyl (C=O) groups excluding carboxylic acids is 1. The predicted molar refractivity (Wildman–Crippen MR) is 75.1 cm³/mol. The number of hydrogen-bond donors (Lipinski definition) is 2. The maximum atomic E-state index is 12.2. The van der Waals surface area contributed by atoms with Crippen LogP contribution in [0.4, 0.5) is 5.69 Å². The largest absolute Gasteiger partial charge is 0.327 e. The van der Waals surface area contributed by atoms with Crippen molar-refractivity contribution in [1.82, 2.24) is 4.98 Å². The van der Waals surface area contributed by atoms with Crippen LogP contribution in [0.25, 0.3) is 0 Å². The van der Waals surface area contributed by atoms with Crippen molar-refractivity contribution < 1.29 is 4.79 Å². The number of nitrogens with zero attached hydrogens (tertiary/aromatic N) is 1. The number of amides is 1. The molecule has 0 saturated heterocycles. The highest BCUT2D eigenvalue weighted by molar-refractivity contribution is 9.10. The molecule has 5 heteroatoms. The van der Waals surface area contributed by atoms with E-state index < -0.39 is 0 Å². The molecule has 2 unspecified atom stereocenters. The zero-order chi connectivity index (χ0) is 13.0. The lowest BCUT2D eigenvalue weighted by Crippen LogP contribution is -2.37. The first-order valence-electron chi connectivity index (χ1n) is 6.34. The first-order chi connectivity index (χ1) is 8.66. The third-order valence-corrected chi connectivity index (χ3v) is 3.81. The Hall–Kier alpha value is -0.940. The monoisotopic (exact) mass is 311 g/mol. The Morgan fingerprint density at radius 1 is 1.33 bits per heavy atom. The van der Waals surface area contributed by atoms with Crippen LogP contribution in [0.2, 0.25) is 0 Å². The minimum absolute atomic E-state index is 0.0179. The molecule has 1 heterocycles. The van der Waals surface area contributed by atoms with Gasteiger partial charge in [0.05, 0.1) is 17.8 Å². The second kappa shape index (κ2) is 6.29. The van der Waals surface area contributed by atoms with Gasteiger partial charge in [-0.05, 0) is 34.8 Å². The Kier molecular flexibility index (Phi) is 4.72. The molecular formula is C13H18BrN3O. The van der Waals surface area contributed by atoms with Crippen molar-refractivity contribution in [3.05, 3.63) is 22.9 Å². The van der Waals surface area contributed by atoms with Crippen molar-refractivity contribution in [1.29, 1.82) is 0 Å². The molecule has 1 aliphatic carbocycles. The molecule has 0 aromatic carbocycles. The first-order valence-corrected chi connectivity index (χ1v) is 7.13. The second-order valence-corrected chi connectivity index (χ2v) is 5.71. The number of nitrogens with one attached hydrogen (secondary N) is 1. The van der Waals surface area contributed by atoms with Crippen LogP contribution in [0.15, 0.2) is 22.9 Å². The number of hydrogen-bond acceptors (Lipinski definition) is 3. The van der Waals surface area contributed by atoms with Gasteiger partial charge >= 0.3 is 0 Å². The molecule has 4 nitrogen and oxygen atoms in total. The minimum atomic E-state index is -0.0773. The first kappa shape index (κ1) is 13.5. The van der Waals surface area contributed by atoms with Crippen molar-refractivity contribution in [2.75, 3.05) is 5.32 Å². The summed E-state index contributed by atoms with van der Waals surface area (Å²) >= 11 is 3.33. The number of pyridine rings is 1. The standard InChI is InChI=1S/C13H18BrN3O/c14-9-6-10(8-16-7-9)17-13(18)11-4-2-1-3-5-12(11)15/h6-8,11-12H,1-5,15H2,(H,17,18). The summed E-state index contributed by atoms with van der Waals surface area (Å²) in [5.41, 5.74) is 6.79. The number of anilines is 1. The number of halogens is 1. The lowest BCUT2D eigenvalue weighted by Gasteiger charge is -2.20. The molecule has 1 aromatic heterocycles. The van der Waals surface area contributed by atoms with Gasteiger partial charge in [0.1, 0.15) is 0 Å². The molecule has 98 valence electrons. The highest BCUT2D eigenvalue weighted by atomic mass is 79.9. The molecule has 0 bridgehead atoms. The second-order valence-electron chi connectivity index (χ2n) is 4.79. The normalized spacial score (nSPS) is 24.3. The van der Waals surface area contributed by atoms with Crippen molar-refractivity contribution in [2.45, 2.75) is 38.1 Å². The maximum Gasteiger partial charge on any atom is 0.229 e. The van der Waals surface area contributed by atoms with E-state index in [9.17, 15) is 4.79 Å². The Labute approximate surface area is 115 Å². The molecule has 0 spiro atoms. The highest BCUT2D eigenvalue weighted by Crippen LogP contribution is 2.24. The summed E-state index contributed by atoms with van der Waals surface area (Å²) in [6, 6.07) is 1.82. The lowest BCUT2D eigenvalue weighted by molar-refractivity contribution is -0.120. The van der Waals surface area contributed by atoms with Gasteiger partial charge in [0, 0.05) is 16.7 Å². The summed E-state index contributed by atoms with van der Waals surface area (Å²) in [7, 11) is 0. The van der Waals surface area contributed by atoms with Crippen LogP contribution in [0.5, 0.6) is 0 Å². The van der Waals surface area contributed by atoms with Gasteiger partial charge in [0.15, 0.2) is 0 Å². The smallest absolute Gasteiger partial charge is 0.229 e. The third-order valence-electron chi connectivity index (χ3n) is 3.38. The average Bonchev–Trinajstić information content (AvgIpc) is 2.54. The van der Waals surface area contributed by atoms with E-state index in [1.54, 1.807) is 12.4 Å². The van der Waals surface area contributed by atoms with Gasteiger partial charge in [0.2, 0.25) is 5.91 Å². The lowest BCUT2D eigenvalue weighted by atomic mass is 9.94. The Morgan fingerprint density at radius 3 is 2.89 bits per heavy atom. The number of rotatable bonds is 2. The van der Waals surface area contributed by atoms with E-state index in [1.807, 2.05) is 6.07 Å². The van der Waals surface area contributed by atoms with Gasteiger partial charge < -0.3 is 11.1 Å². The van der Waals surface area contributed by atoms with Crippen LogP contribution < -0.4 is 11.1 Å². The fourth-order valence-electron chi connectivity index (χ4n) is 2.38. The Bertz CT molecular complexity index is 424. The summed E-state index contributed by atoms with van der Waals surface area (Å²) in [6.45, 7) is 0. The molecule has 1 aromatic rings. The van der Waals surface area contributed by atoms with E-state index in [4.69, 9.17) is 5.73 Å². The Morgan fingerprint density at radius 2 is 2.11 bits per heavy atom. The molecule has 1 fully saturated rings. The van der Waals surface area contributed by atoms with Crippen molar-refractivity contribution >= 4 is 27.5 Å². The molecule has 1 aliphatic rings.